The minimum atomic E-state index is 0.772. The van der Waals surface area contributed by atoms with Crippen LogP contribution >= 0.6 is 0 Å². The van der Waals surface area contributed by atoms with E-state index in [1.165, 1.54) is 70.8 Å². The van der Waals surface area contributed by atoms with E-state index in [-0.39, 0.29) is 0 Å². The highest BCUT2D eigenvalue weighted by Crippen LogP contribution is 2.33. The molecule has 2 saturated carbocycles. The lowest BCUT2D eigenvalue weighted by atomic mass is 9.75. The van der Waals surface area contributed by atoms with Crippen molar-refractivity contribution in [1.29, 1.82) is 0 Å². The van der Waals surface area contributed by atoms with Crippen LogP contribution in [-0.4, -0.2) is 37.1 Å². The predicted octanol–water partition coefficient (Wildman–Crippen LogP) is 4.45. The van der Waals surface area contributed by atoms with Crippen LogP contribution in [0, 0.1) is 11.8 Å². The number of hydrogen-bond donors (Lipinski definition) is 1. The first-order valence-electron chi connectivity index (χ1n) is 9.68. The first-order chi connectivity index (χ1) is 10.2. The second-order valence-electron chi connectivity index (χ2n) is 7.62. The van der Waals surface area contributed by atoms with Gasteiger partial charge in [-0.2, -0.15) is 0 Å². The van der Waals surface area contributed by atoms with Gasteiger partial charge in [0.2, 0.25) is 0 Å². The molecule has 124 valence electrons. The molecule has 21 heavy (non-hydrogen) atoms. The Morgan fingerprint density at radius 2 is 1.76 bits per heavy atom. The van der Waals surface area contributed by atoms with Crippen LogP contribution in [0.2, 0.25) is 0 Å². The Bertz CT molecular complexity index is 273. The van der Waals surface area contributed by atoms with Gasteiger partial charge in [0.1, 0.15) is 0 Å². The van der Waals surface area contributed by atoms with Crippen LogP contribution < -0.4 is 5.32 Å². The lowest BCUT2D eigenvalue weighted by Crippen LogP contribution is -2.47. The summed E-state index contributed by atoms with van der Waals surface area (Å²) < 4.78 is 0. The number of nitrogens with zero attached hydrogens (tertiary/aromatic N) is 1. The minimum Gasteiger partial charge on any atom is -0.314 e. The first-order valence-corrected chi connectivity index (χ1v) is 9.68. The van der Waals surface area contributed by atoms with E-state index in [4.69, 9.17) is 0 Å². The normalized spacial score (nSPS) is 31.7. The summed E-state index contributed by atoms with van der Waals surface area (Å²) in [5, 5.41) is 3.78. The van der Waals surface area contributed by atoms with Crippen molar-refractivity contribution >= 4 is 0 Å². The highest BCUT2D eigenvalue weighted by atomic mass is 15.1. The Kier molecular flexibility index (Phi) is 7.53. The van der Waals surface area contributed by atoms with Crippen molar-refractivity contribution in [2.24, 2.45) is 11.8 Å². The smallest absolute Gasteiger partial charge is 0.0108 e. The van der Waals surface area contributed by atoms with E-state index in [2.05, 4.69) is 31.1 Å². The summed E-state index contributed by atoms with van der Waals surface area (Å²) in [4.78, 5) is 2.71. The largest absolute Gasteiger partial charge is 0.314 e. The summed E-state index contributed by atoms with van der Waals surface area (Å²) >= 11 is 0. The average molecular weight is 295 g/mol. The number of hydrogen-bond acceptors (Lipinski definition) is 2. The highest BCUT2D eigenvalue weighted by Gasteiger charge is 2.31. The Hall–Kier alpha value is -0.0800. The fourth-order valence-corrected chi connectivity index (χ4v) is 4.81. The summed E-state index contributed by atoms with van der Waals surface area (Å²) in [7, 11) is 2.39. The van der Waals surface area contributed by atoms with Crippen molar-refractivity contribution < 1.29 is 0 Å². The molecule has 3 atom stereocenters. The van der Waals surface area contributed by atoms with Gasteiger partial charge in [-0.3, -0.25) is 0 Å². The molecule has 3 unspecified atom stereocenters. The van der Waals surface area contributed by atoms with Crippen molar-refractivity contribution in [1.82, 2.24) is 10.2 Å². The van der Waals surface area contributed by atoms with Crippen LogP contribution in [0.1, 0.15) is 78.1 Å². The summed E-state index contributed by atoms with van der Waals surface area (Å²) in [5.41, 5.74) is 0. The van der Waals surface area contributed by atoms with Gasteiger partial charge in [-0.25, -0.2) is 0 Å². The molecular formula is C19H38N2. The Labute approximate surface area is 133 Å². The second-order valence-corrected chi connectivity index (χ2v) is 7.62. The molecule has 1 N–H and O–H groups in total. The van der Waals surface area contributed by atoms with Crippen LogP contribution in [0.25, 0.3) is 0 Å². The van der Waals surface area contributed by atoms with Crippen molar-refractivity contribution in [3.8, 4) is 0 Å². The fourth-order valence-electron chi connectivity index (χ4n) is 4.81. The van der Waals surface area contributed by atoms with E-state index in [0.29, 0.717) is 0 Å². The molecule has 0 amide bonds. The van der Waals surface area contributed by atoms with Crippen molar-refractivity contribution in [2.45, 2.75) is 90.1 Å². The maximum absolute atomic E-state index is 3.78. The van der Waals surface area contributed by atoms with Gasteiger partial charge in [-0.15, -0.1) is 0 Å². The van der Waals surface area contributed by atoms with Gasteiger partial charge >= 0.3 is 0 Å². The van der Waals surface area contributed by atoms with Crippen LogP contribution in [0.3, 0.4) is 0 Å². The molecule has 0 aromatic rings. The van der Waals surface area contributed by atoms with Crippen LogP contribution in [-0.2, 0) is 0 Å². The summed E-state index contributed by atoms with van der Waals surface area (Å²) in [5.74, 6) is 1.87. The molecule has 0 aromatic heterocycles. The zero-order chi connectivity index (χ0) is 15.1. The maximum atomic E-state index is 3.78. The highest BCUT2D eigenvalue weighted by molar-refractivity contribution is 4.87. The van der Waals surface area contributed by atoms with E-state index in [9.17, 15) is 0 Å². The van der Waals surface area contributed by atoms with Crippen molar-refractivity contribution in [3.63, 3.8) is 0 Å². The molecule has 0 bridgehead atoms. The Balaban J connectivity index is 1.88. The average Bonchev–Trinajstić information content (AvgIpc) is 2.51. The van der Waals surface area contributed by atoms with Crippen LogP contribution in [0.15, 0.2) is 0 Å². The number of rotatable bonds is 7. The summed E-state index contributed by atoms with van der Waals surface area (Å²) in [6, 6.07) is 1.64. The molecule has 2 aliphatic rings. The Morgan fingerprint density at radius 3 is 2.43 bits per heavy atom. The van der Waals surface area contributed by atoms with E-state index in [1.807, 2.05) is 0 Å². The van der Waals surface area contributed by atoms with Gasteiger partial charge in [0, 0.05) is 18.6 Å². The van der Waals surface area contributed by atoms with E-state index < -0.39 is 0 Å². The lowest BCUT2D eigenvalue weighted by Gasteiger charge is -2.41. The number of nitrogens with one attached hydrogen (secondary N) is 1. The molecule has 0 spiro atoms. The van der Waals surface area contributed by atoms with Gasteiger partial charge in [0.15, 0.2) is 0 Å². The standard InChI is InChI=1S/C19H38N2/c1-4-9-16-12-13-19(20-5-2)17(14-16)15-21(3)18-10-7-6-8-11-18/h16-20H,4-15H2,1-3H3. The summed E-state index contributed by atoms with van der Waals surface area (Å²) in [6.45, 7) is 7.06. The van der Waals surface area contributed by atoms with Gasteiger partial charge in [-0.1, -0.05) is 46.0 Å². The van der Waals surface area contributed by atoms with E-state index in [1.54, 1.807) is 0 Å². The van der Waals surface area contributed by atoms with Gasteiger partial charge in [0.05, 0.1) is 0 Å². The zero-order valence-corrected chi connectivity index (χ0v) is 14.7. The molecule has 2 aliphatic carbocycles. The first kappa shape index (κ1) is 17.3. The summed E-state index contributed by atoms with van der Waals surface area (Å²) in [6.07, 6.45) is 14.4. The third-order valence-corrected chi connectivity index (χ3v) is 5.97. The van der Waals surface area contributed by atoms with Gasteiger partial charge < -0.3 is 10.2 Å². The second kappa shape index (κ2) is 9.15. The molecular weight excluding hydrogens is 256 g/mol. The molecule has 2 nitrogen and oxygen atoms in total. The molecule has 0 aliphatic heterocycles. The van der Waals surface area contributed by atoms with E-state index >= 15 is 0 Å². The minimum absolute atomic E-state index is 0.772. The molecule has 2 heteroatoms. The third kappa shape index (κ3) is 5.25. The molecule has 2 fully saturated rings. The van der Waals surface area contributed by atoms with E-state index in [0.717, 1.165) is 30.5 Å². The molecule has 2 rings (SSSR count). The molecule has 0 radical (unpaired) electrons. The third-order valence-electron chi connectivity index (χ3n) is 5.97. The van der Waals surface area contributed by atoms with Crippen LogP contribution in [0.4, 0.5) is 0 Å². The lowest BCUT2D eigenvalue weighted by molar-refractivity contribution is 0.111. The van der Waals surface area contributed by atoms with Crippen LogP contribution in [0.5, 0.6) is 0 Å². The van der Waals surface area contributed by atoms with Crippen molar-refractivity contribution in [2.75, 3.05) is 20.1 Å². The van der Waals surface area contributed by atoms with Gasteiger partial charge in [0.25, 0.3) is 0 Å². The molecule has 0 aromatic carbocycles. The zero-order valence-electron chi connectivity index (χ0n) is 14.7. The quantitative estimate of drug-likeness (QED) is 0.746. The fraction of sp³-hybridized carbons (Fsp3) is 1.00. The monoisotopic (exact) mass is 294 g/mol. The van der Waals surface area contributed by atoms with Crippen molar-refractivity contribution in [3.05, 3.63) is 0 Å². The maximum Gasteiger partial charge on any atom is 0.0108 e. The topological polar surface area (TPSA) is 15.3 Å². The Morgan fingerprint density at radius 1 is 1.00 bits per heavy atom. The molecule has 0 saturated heterocycles. The SMILES string of the molecule is CCCC1CCC(NCC)C(CN(C)C2CCCCC2)C1. The predicted molar refractivity (Wildman–Crippen MR) is 92.7 cm³/mol. The van der Waals surface area contributed by atoms with Gasteiger partial charge in [-0.05, 0) is 57.5 Å². The molecule has 0 heterocycles.